The summed E-state index contributed by atoms with van der Waals surface area (Å²) in [6.07, 6.45) is 1.62. The predicted molar refractivity (Wildman–Crippen MR) is 75.0 cm³/mol. The van der Waals surface area contributed by atoms with Gasteiger partial charge in [0.05, 0.1) is 13.3 Å². The zero-order chi connectivity index (χ0) is 13.8. The Morgan fingerprint density at radius 2 is 1.40 bits per heavy atom. The molecule has 3 rings (SSSR count). The van der Waals surface area contributed by atoms with Crippen LogP contribution in [-0.2, 0) is 0 Å². The van der Waals surface area contributed by atoms with Crippen molar-refractivity contribution in [3.05, 3.63) is 60.8 Å². The van der Waals surface area contributed by atoms with Gasteiger partial charge < -0.3 is 14.0 Å². The van der Waals surface area contributed by atoms with Crippen molar-refractivity contribution in [3.8, 4) is 28.6 Å². The molecule has 0 unspecified atom stereocenters. The highest BCUT2D eigenvalue weighted by Gasteiger charge is 2.03. The van der Waals surface area contributed by atoms with E-state index in [-0.39, 0.29) is 0 Å². The van der Waals surface area contributed by atoms with Crippen molar-refractivity contribution in [3.63, 3.8) is 0 Å². The standard InChI is InChI=1S/C16H13NO3/c1-18-13-6-8-15(9-7-13)19-14-4-2-12(3-5-14)16-10-11-17-20-16/h2-11H,1H3. The second-order valence-electron chi connectivity index (χ2n) is 4.18. The highest BCUT2D eigenvalue weighted by atomic mass is 16.5. The van der Waals surface area contributed by atoms with E-state index in [0.717, 1.165) is 28.6 Å². The van der Waals surface area contributed by atoms with Crippen LogP contribution in [0.15, 0.2) is 65.3 Å². The van der Waals surface area contributed by atoms with E-state index < -0.39 is 0 Å². The Bertz CT molecular complexity index is 658. The van der Waals surface area contributed by atoms with E-state index in [9.17, 15) is 0 Å². The van der Waals surface area contributed by atoms with Gasteiger partial charge in [0.15, 0.2) is 5.76 Å². The molecule has 0 aliphatic carbocycles. The largest absolute Gasteiger partial charge is 0.497 e. The lowest BCUT2D eigenvalue weighted by Gasteiger charge is -2.07. The number of benzene rings is 2. The molecule has 1 heterocycles. The van der Waals surface area contributed by atoms with Crippen LogP contribution < -0.4 is 9.47 Å². The second-order valence-corrected chi connectivity index (χ2v) is 4.18. The van der Waals surface area contributed by atoms with E-state index in [4.69, 9.17) is 14.0 Å². The Labute approximate surface area is 116 Å². The van der Waals surface area contributed by atoms with Gasteiger partial charge in [-0.1, -0.05) is 5.16 Å². The zero-order valence-corrected chi connectivity index (χ0v) is 10.9. The molecule has 0 saturated carbocycles. The summed E-state index contributed by atoms with van der Waals surface area (Å²) in [5.41, 5.74) is 0.963. The summed E-state index contributed by atoms with van der Waals surface area (Å²) in [6, 6.07) is 16.9. The number of ether oxygens (including phenoxy) is 2. The third-order valence-corrected chi connectivity index (χ3v) is 2.87. The van der Waals surface area contributed by atoms with Crippen LogP contribution in [0.25, 0.3) is 11.3 Å². The molecule has 100 valence electrons. The normalized spacial score (nSPS) is 10.2. The summed E-state index contributed by atoms with van der Waals surface area (Å²) in [5, 5.41) is 3.69. The first-order chi connectivity index (χ1) is 9.85. The van der Waals surface area contributed by atoms with Crippen molar-refractivity contribution < 1.29 is 14.0 Å². The van der Waals surface area contributed by atoms with Crippen molar-refractivity contribution in [2.45, 2.75) is 0 Å². The molecule has 0 radical (unpaired) electrons. The van der Waals surface area contributed by atoms with E-state index in [1.54, 1.807) is 13.3 Å². The SMILES string of the molecule is COc1ccc(Oc2ccc(-c3ccno3)cc2)cc1. The van der Waals surface area contributed by atoms with Crippen LogP contribution in [0.5, 0.6) is 17.2 Å². The Morgan fingerprint density at radius 1 is 0.800 bits per heavy atom. The number of nitrogens with zero attached hydrogens (tertiary/aromatic N) is 1. The van der Waals surface area contributed by atoms with E-state index in [0.29, 0.717) is 0 Å². The van der Waals surface area contributed by atoms with E-state index in [1.165, 1.54) is 0 Å². The monoisotopic (exact) mass is 267 g/mol. The van der Waals surface area contributed by atoms with Crippen molar-refractivity contribution in [2.24, 2.45) is 0 Å². The number of aromatic nitrogens is 1. The van der Waals surface area contributed by atoms with Crippen LogP contribution in [0, 0.1) is 0 Å². The van der Waals surface area contributed by atoms with Gasteiger partial charge in [0.2, 0.25) is 0 Å². The van der Waals surface area contributed by atoms with E-state index in [2.05, 4.69) is 5.16 Å². The molecular formula is C16H13NO3. The van der Waals surface area contributed by atoms with Crippen LogP contribution in [0.3, 0.4) is 0 Å². The topological polar surface area (TPSA) is 44.5 Å². The average molecular weight is 267 g/mol. The Balaban J connectivity index is 1.74. The van der Waals surface area contributed by atoms with Crippen molar-refractivity contribution in [1.29, 1.82) is 0 Å². The quantitative estimate of drug-likeness (QED) is 0.712. The first kappa shape index (κ1) is 12.3. The lowest BCUT2D eigenvalue weighted by molar-refractivity contribution is 0.413. The van der Waals surface area contributed by atoms with Gasteiger partial charge in [-0.25, -0.2) is 0 Å². The van der Waals surface area contributed by atoms with Crippen molar-refractivity contribution in [2.75, 3.05) is 7.11 Å². The van der Waals surface area contributed by atoms with Crippen molar-refractivity contribution in [1.82, 2.24) is 5.16 Å². The summed E-state index contributed by atoms with van der Waals surface area (Å²) in [7, 11) is 1.64. The molecule has 4 heteroatoms. The van der Waals surface area contributed by atoms with Gasteiger partial charge >= 0.3 is 0 Å². The van der Waals surface area contributed by atoms with Crippen molar-refractivity contribution >= 4 is 0 Å². The van der Waals surface area contributed by atoms with Gasteiger partial charge in [-0.05, 0) is 48.5 Å². The second kappa shape index (κ2) is 5.48. The molecule has 1 aromatic heterocycles. The van der Waals surface area contributed by atoms with Gasteiger partial charge in [0.1, 0.15) is 17.2 Å². The summed E-state index contributed by atoms with van der Waals surface area (Å²) in [4.78, 5) is 0. The molecule has 3 aromatic rings. The van der Waals surface area contributed by atoms with Crippen LogP contribution in [0.2, 0.25) is 0 Å². The first-order valence-electron chi connectivity index (χ1n) is 6.18. The molecule has 2 aromatic carbocycles. The molecule has 20 heavy (non-hydrogen) atoms. The summed E-state index contributed by atoms with van der Waals surface area (Å²) >= 11 is 0. The maximum absolute atomic E-state index is 5.75. The zero-order valence-electron chi connectivity index (χ0n) is 10.9. The number of hydrogen-bond acceptors (Lipinski definition) is 4. The molecule has 0 bridgehead atoms. The lowest BCUT2D eigenvalue weighted by Crippen LogP contribution is -1.85. The van der Waals surface area contributed by atoms with Crippen LogP contribution >= 0.6 is 0 Å². The molecule has 0 spiro atoms. The van der Waals surface area contributed by atoms with Gasteiger partial charge in [0, 0.05) is 11.6 Å². The molecule has 4 nitrogen and oxygen atoms in total. The lowest BCUT2D eigenvalue weighted by atomic mass is 10.2. The Hall–Kier alpha value is -2.75. The minimum Gasteiger partial charge on any atom is -0.497 e. The number of hydrogen-bond donors (Lipinski definition) is 0. The fraction of sp³-hybridized carbons (Fsp3) is 0.0625. The molecule has 0 atom stereocenters. The predicted octanol–water partition coefficient (Wildman–Crippen LogP) is 4.14. The molecule has 0 fully saturated rings. The molecule has 0 saturated heterocycles. The van der Waals surface area contributed by atoms with Gasteiger partial charge in [-0.15, -0.1) is 0 Å². The summed E-state index contributed by atoms with van der Waals surface area (Å²) in [6.45, 7) is 0. The minimum atomic E-state index is 0.737. The highest BCUT2D eigenvalue weighted by Crippen LogP contribution is 2.26. The molecule has 0 N–H and O–H groups in total. The first-order valence-corrected chi connectivity index (χ1v) is 6.18. The minimum absolute atomic E-state index is 0.737. The van der Waals surface area contributed by atoms with E-state index >= 15 is 0 Å². The third-order valence-electron chi connectivity index (χ3n) is 2.87. The summed E-state index contributed by atoms with van der Waals surface area (Å²) in [5.74, 6) is 3.07. The van der Waals surface area contributed by atoms with Crippen LogP contribution in [0.4, 0.5) is 0 Å². The summed E-state index contributed by atoms with van der Waals surface area (Å²) < 4.78 is 16.0. The maximum atomic E-state index is 5.75. The van der Waals surface area contributed by atoms with Crippen LogP contribution in [0.1, 0.15) is 0 Å². The van der Waals surface area contributed by atoms with E-state index in [1.807, 2.05) is 54.6 Å². The fourth-order valence-corrected chi connectivity index (χ4v) is 1.83. The number of rotatable bonds is 4. The van der Waals surface area contributed by atoms with Gasteiger partial charge in [-0.3, -0.25) is 0 Å². The Morgan fingerprint density at radius 3 is 1.95 bits per heavy atom. The third kappa shape index (κ3) is 2.64. The molecule has 0 aliphatic rings. The maximum Gasteiger partial charge on any atom is 0.166 e. The van der Waals surface area contributed by atoms with Gasteiger partial charge in [-0.2, -0.15) is 0 Å². The molecule has 0 amide bonds. The smallest absolute Gasteiger partial charge is 0.166 e. The highest BCUT2D eigenvalue weighted by molar-refractivity contribution is 5.57. The van der Waals surface area contributed by atoms with Crippen LogP contribution in [-0.4, -0.2) is 12.3 Å². The molecular weight excluding hydrogens is 254 g/mol. The average Bonchev–Trinajstić information content (AvgIpc) is 3.03. The molecule has 0 aliphatic heterocycles. The van der Waals surface area contributed by atoms with Gasteiger partial charge in [0.25, 0.3) is 0 Å². The fourth-order valence-electron chi connectivity index (χ4n) is 1.83. The Kier molecular flexibility index (Phi) is 3.37. The number of methoxy groups -OCH3 is 1.